The van der Waals surface area contributed by atoms with Gasteiger partial charge in [-0.25, -0.2) is 14.3 Å². The molecule has 1 aliphatic heterocycles. The Morgan fingerprint density at radius 2 is 2.00 bits per heavy atom. The number of aromatic nitrogens is 4. The zero-order chi connectivity index (χ0) is 25.6. The van der Waals surface area contributed by atoms with Crippen molar-refractivity contribution in [1.29, 1.82) is 0 Å². The maximum absolute atomic E-state index is 13.2. The van der Waals surface area contributed by atoms with Crippen LogP contribution in [0.5, 0.6) is 0 Å². The smallest absolute Gasteiger partial charge is 0.414 e. The predicted octanol–water partition coefficient (Wildman–Crippen LogP) is 3.94. The number of hydrogen-bond acceptors (Lipinski definition) is 8. The first-order valence-electron chi connectivity index (χ1n) is 11.6. The third-order valence-electron chi connectivity index (χ3n) is 5.70. The van der Waals surface area contributed by atoms with Gasteiger partial charge >= 0.3 is 6.09 Å². The van der Waals surface area contributed by atoms with E-state index in [0.717, 1.165) is 22.3 Å². The average molecular weight is 489 g/mol. The standard InChI is InChI=1S/C25H28N8O3/c1-14-12-27-18-8-9-26-17-7-6-15(10-16(17)18)30-21-11-19(32(5)24(35)36-25(2,3)4)22-28-13-20(23(34)29-14)33(22)31-21/h6-11,13-14,27H,12H2,1-5H3,(H,29,34)(H,30,31). The van der Waals surface area contributed by atoms with E-state index < -0.39 is 11.7 Å². The lowest BCUT2D eigenvalue weighted by Gasteiger charge is -2.25. The third-order valence-corrected chi connectivity index (χ3v) is 5.70. The van der Waals surface area contributed by atoms with Crippen LogP contribution < -0.4 is 20.9 Å². The van der Waals surface area contributed by atoms with Crippen LogP contribution in [0.3, 0.4) is 0 Å². The van der Waals surface area contributed by atoms with Crippen molar-refractivity contribution >= 4 is 51.4 Å². The molecule has 2 amide bonds. The summed E-state index contributed by atoms with van der Waals surface area (Å²) in [5.41, 5.74) is 2.86. The molecule has 4 heterocycles. The predicted molar refractivity (Wildman–Crippen MR) is 138 cm³/mol. The van der Waals surface area contributed by atoms with E-state index in [1.165, 1.54) is 15.6 Å². The van der Waals surface area contributed by atoms with Crippen LogP contribution in [0.2, 0.25) is 0 Å². The molecule has 0 spiro atoms. The van der Waals surface area contributed by atoms with Gasteiger partial charge in [-0.15, -0.1) is 5.10 Å². The molecular formula is C25H28N8O3. The first kappa shape index (κ1) is 23.3. The van der Waals surface area contributed by atoms with E-state index in [1.54, 1.807) is 40.1 Å². The highest BCUT2D eigenvalue weighted by atomic mass is 16.6. The Morgan fingerprint density at radius 3 is 2.78 bits per heavy atom. The van der Waals surface area contributed by atoms with Gasteiger partial charge in [-0.3, -0.25) is 14.7 Å². The maximum Gasteiger partial charge on any atom is 0.414 e. The fourth-order valence-electron chi connectivity index (χ4n) is 3.98. The summed E-state index contributed by atoms with van der Waals surface area (Å²) in [7, 11) is 1.60. The van der Waals surface area contributed by atoms with Crippen molar-refractivity contribution in [1.82, 2.24) is 24.9 Å². The SMILES string of the molecule is CC1CNc2ccnc3ccc(cc23)Nc2cc(N(C)C(=O)OC(C)(C)C)c3ncc(n3n2)C(=O)N1. The second-order valence-corrected chi connectivity index (χ2v) is 9.80. The van der Waals surface area contributed by atoms with Gasteiger partial charge in [0, 0.05) is 48.7 Å². The lowest BCUT2D eigenvalue weighted by atomic mass is 10.1. The quantitative estimate of drug-likeness (QED) is 0.368. The Bertz CT molecular complexity index is 1490. The van der Waals surface area contributed by atoms with E-state index >= 15 is 0 Å². The van der Waals surface area contributed by atoms with E-state index in [4.69, 9.17) is 4.74 Å². The summed E-state index contributed by atoms with van der Waals surface area (Å²) in [5, 5.41) is 15.2. The Kier molecular flexibility index (Phi) is 5.62. The van der Waals surface area contributed by atoms with Gasteiger partial charge in [-0.1, -0.05) is 0 Å². The van der Waals surface area contributed by atoms with Crippen molar-refractivity contribution < 1.29 is 14.3 Å². The minimum atomic E-state index is -0.676. The summed E-state index contributed by atoms with van der Waals surface area (Å²) in [4.78, 5) is 36.3. The molecule has 1 aromatic carbocycles. The number of pyridine rings is 1. The number of ether oxygens (including phenoxy) is 1. The summed E-state index contributed by atoms with van der Waals surface area (Å²) in [6.45, 7) is 7.82. The zero-order valence-corrected chi connectivity index (χ0v) is 20.8. The monoisotopic (exact) mass is 488 g/mol. The number of nitrogens with one attached hydrogen (secondary N) is 3. The molecule has 5 rings (SSSR count). The molecule has 4 bridgehead atoms. The molecule has 3 aromatic heterocycles. The highest BCUT2D eigenvalue weighted by Crippen LogP contribution is 2.30. The molecule has 1 aliphatic rings. The molecule has 0 saturated heterocycles. The molecule has 186 valence electrons. The second kappa shape index (κ2) is 8.67. The van der Waals surface area contributed by atoms with E-state index in [-0.39, 0.29) is 17.6 Å². The van der Waals surface area contributed by atoms with Gasteiger partial charge in [-0.05, 0) is 52.0 Å². The van der Waals surface area contributed by atoms with Crippen LogP contribution in [0.25, 0.3) is 16.6 Å². The Hall–Kier alpha value is -4.41. The van der Waals surface area contributed by atoms with E-state index in [1.807, 2.05) is 31.2 Å². The Labute approximate surface area is 207 Å². The van der Waals surface area contributed by atoms with E-state index in [0.29, 0.717) is 23.7 Å². The number of imidazole rings is 1. The largest absolute Gasteiger partial charge is 0.443 e. The van der Waals surface area contributed by atoms with Gasteiger partial charge in [0.2, 0.25) is 0 Å². The molecule has 0 fully saturated rings. The minimum Gasteiger partial charge on any atom is -0.443 e. The molecule has 36 heavy (non-hydrogen) atoms. The topological polar surface area (TPSA) is 126 Å². The van der Waals surface area contributed by atoms with Gasteiger partial charge in [0.05, 0.1) is 17.4 Å². The summed E-state index contributed by atoms with van der Waals surface area (Å²) >= 11 is 0. The number of hydrogen-bond donors (Lipinski definition) is 3. The van der Waals surface area contributed by atoms with Crippen molar-refractivity contribution in [2.45, 2.75) is 39.3 Å². The van der Waals surface area contributed by atoms with Crippen LogP contribution in [0.1, 0.15) is 38.2 Å². The van der Waals surface area contributed by atoms with E-state index in [9.17, 15) is 9.59 Å². The molecule has 1 unspecified atom stereocenters. The summed E-state index contributed by atoms with van der Waals surface area (Å²) < 4.78 is 6.99. The van der Waals surface area contributed by atoms with Crippen LogP contribution >= 0.6 is 0 Å². The summed E-state index contributed by atoms with van der Waals surface area (Å²) in [6.07, 6.45) is 2.65. The number of amides is 2. The number of carbonyl (C=O) groups excluding carboxylic acids is 2. The van der Waals surface area contributed by atoms with Crippen LogP contribution in [0.15, 0.2) is 42.7 Å². The van der Waals surface area contributed by atoms with Gasteiger partial charge in [-0.2, -0.15) is 0 Å². The molecular weight excluding hydrogens is 460 g/mol. The number of benzene rings is 1. The van der Waals surface area contributed by atoms with E-state index in [2.05, 4.69) is 31.0 Å². The van der Waals surface area contributed by atoms with Gasteiger partial charge < -0.3 is 20.7 Å². The number of carbonyl (C=O) groups is 2. The van der Waals surface area contributed by atoms with Crippen LogP contribution in [-0.4, -0.2) is 56.8 Å². The van der Waals surface area contributed by atoms with Crippen molar-refractivity contribution in [3.05, 3.63) is 48.4 Å². The molecule has 11 nitrogen and oxygen atoms in total. The lowest BCUT2D eigenvalue weighted by molar-refractivity contribution is 0.0589. The van der Waals surface area contributed by atoms with Gasteiger partial charge in [0.1, 0.15) is 5.60 Å². The van der Waals surface area contributed by atoms with Gasteiger partial charge in [0.25, 0.3) is 5.91 Å². The van der Waals surface area contributed by atoms with Crippen LogP contribution in [0, 0.1) is 0 Å². The minimum absolute atomic E-state index is 0.192. The maximum atomic E-state index is 13.2. The van der Waals surface area contributed by atoms with Crippen molar-refractivity contribution in [3.63, 3.8) is 0 Å². The third kappa shape index (κ3) is 4.47. The van der Waals surface area contributed by atoms with Crippen molar-refractivity contribution in [2.75, 3.05) is 29.1 Å². The Balaban J connectivity index is 1.67. The fourth-order valence-corrected chi connectivity index (χ4v) is 3.98. The lowest BCUT2D eigenvalue weighted by Crippen LogP contribution is -2.38. The summed E-state index contributed by atoms with van der Waals surface area (Å²) in [5.74, 6) is 0.0885. The molecule has 3 N–H and O–H groups in total. The molecule has 1 atom stereocenters. The zero-order valence-electron chi connectivity index (χ0n) is 20.8. The van der Waals surface area contributed by atoms with Crippen molar-refractivity contribution in [2.24, 2.45) is 0 Å². The summed E-state index contributed by atoms with van der Waals surface area (Å²) in [6, 6.07) is 9.22. The number of rotatable bonds is 1. The average Bonchev–Trinajstić information content (AvgIpc) is 3.24. The normalized spacial score (nSPS) is 15.8. The number of fused-ring (bicyclic) bond motifs is 2. The van der Waals surface area contributed by atoms with Crippen molar-refractivity contribution in [3.8, 4) is 0 Å². The van der Waals surface area contributed by atoms with Crippen LogP contribution in [0.4, 0.5) is 27.7 Å². The molecule has 0 aliphatic carbocycles. The second-order valence-electron chi connectivity index (χ2n) is 9.80. The first-order valence-corrected chi connectivity index (χ1v) is 11.6. The number of nitrogens with zero attached hydrogens (tertiary/aromatic N) is 5. The molecule has 4 aromatic rings. The fraction of sp³-hybridized carbons (Fsp3) is 0.320. The van der Waals surface area contributed by atoms with Gasteiger partial charge in [0.15, 0.2) is 17.2 Å². The first-order chi connectivity index (χ1) is 17.1. The highest BCUT2D eigenvalue weighted by molar-refractivity contribution is 5.97. The molecule has 0 saturated carbocycles. The number of anilines is 4. The molecule has 11 heteroatoms. The molecule has 0 radical (unpaired) electrons. The Morgan fingerprint density at radius 1 is 1.19 bits per heavy atom. The highest BCUT2D eigenvalue weighted by Gasteiger charge is 2.26. The van der Waals surface area contributed by atoms with Crippen LogP contribution in [-0.2, 0) is 4.74 Å².